The number of aryl methyl sites for hydroxylation is 2. The Bertz CT molecular complexity index is 1260. The second-order valence-electron chi connectivity index (χ2n) is 7.50. The summed E-state index contributed by atoms with van der Waals surface area (Å²) in [5.41, 5.74) is 5.55. The molecule has 0 radical (unpaired) electrons. The van der Waals surface area contributed by atoms with Gasteiger partial charge in [0.25, 0.3) is 0 Å². The Morgan fingerprint density at radius 3 is 2.34 bits per heavy atom. The molecule has 2 aromatic heterocycles. The first kappa shape index (κ1) is 21.0. The van der Waals surface area contributed by atoms with E-state index >= 15 is 0 Å². The molecule has 2 amide bonds. The molecule has 8 nitrogen and oxygen atoms in total. The van der Waals surface area contributed by atoms with Crippen LogP contribution in [-0.2, 0) is 0 Å². The topological polar surface area (TPSA) is 94.0 Å². The predicted octanol–water partition coefficient (Wildman–Crippen LogP) is 5.33. The van der Waals surface area contributed by atoms with Crippen LogP contribution in [0.5, 0.6) is 11.6 Å². The number of ether oxygens (including phenoxy) is 1. The molecule has 0 bridgehead atoms. The zero-order valence-corrected chi connectivity index (χ0v) is 18.4. The van der Waals surface area contributed by atoms with Gasteiger partial charge in [0.2, 0.25) is 5.88 Å². The number of rotatable bonds is 5. The molecule has 0 unspecified atom stereocenters. The first-order valence-electron chi connectivity index (χ1n) is 10.2. The number of hydrogen-bond donors (Lipinski definition) is 2. The minimum atomic E-state index is -0.315. The lowest BCUT2D eigenvalue weighted by Crippen LogP contribution is -2.19. The predicted molar refractivity (Wildman–Crippen MR) is 124 cm³/mol. The van der Waals surface area contributed by atoms with E-state index in [2.05, 4.69) is 25.7 Å². The van der Waals surface area contributed by atoms with E-state index in [1.807, 2.05) is 52.0 Å². The molecule has 162 valence electrons. The molecule has 32 heavy (non-hydrogen) atoms. The minimum absolute atomic E-state index is 0.315. The van der Waals surface area contributed by atoms with E-state index in [0.29, 0.717) is 23.1 Å². The van der Waals surface area contributed by atoms with E-state index < -0.39 is 0 Å². The van der Waals surface area contributed by atoms with Crippen molar-refractivity contribution in [2.45, 2.75) is 27.7 Å². The van der Waals surface area contributed by atoms with E-state index in [1.54, 1.807) is 35.0 Å². The maximum atomic E-state index is 12.2. The smallest absolute Gasteiger partial charge is 0.323 e. The molecule has 2 heterocycles. The third-order valence-corrected chi connectivity index (χ3v) is 5.11. The molecule has 0 saturated carbocycles. The number of aromatic nitrogens is 4. The number of carbonyl (C=O) groups is 1. The maximum absolute atomic E-state index is 12.2. The summed E-state index contributed by atoms with van der Waals surface area (Å²) in [7, 11) is 0. The van der Waals surface area contributed by atoms with Crippen LogP contribution in [-0.4, -0.2) is 25.8 Å². The Morgan fingerprint density at radius 1 is 0.906 bits per heavy atom. The molecule has 0 aliphatic rings. The zero-order chi connectivity index (χ0) is 22.7. The highest BCUT2D eigenvalue weighted by molar-refractivity contribution is 5.99. The van der Waals surface area contributed by atoms with Crippen molar-refractivity contribution in [1.82, 2.24) is 19.7 Å². The van der Waals surface area contributed by atoms with Gasteiger partial charge in [-0.1, -0.05) is 12.1 Å². The largest absolute Gasteiger partial charge is 0.439 e. The monoisotopic (exact) mass is 428 g/mol. The Hall–Kier alpha value is -4.20. The number of nitrogens with zero attached hydrogens (tertiary/aromatic N) is 4. The molecule has 0 fully saturated rings. The molecule has 0 aliphatic carbocycles. The summed E-state index contributed by atoms with van der Waals surface area (Å²) in [4.78, 5) is 20.7. The van der Waals surface area contributed by atoms with Crippen molar-refractivity contribution in [1.29, 1.82) is 0 Å². The van der Waals surface area contributed by atoms with Crippen LogP contribution in [0, 0.1) is 27.7 Å². The summed E-state index contributed by atoms with van der Waals surface area (Å²) in [6, 6.07) is 16.1. The fourth-order valence-electron chi connectivity index (χ4n) is 3.19. The summed E-state index contributed by atoms with van der Waals surface area (Å²) in [6.45, 7) is 7.97. The third-order valence-electron chi connectivity index (χ3n) is 5.11. The summed E-state index contributed by atoms with van der Waals surface area (Å²) < 4.78 is 7.64. The highest BCUT2D eigenvalue weighted by Gasteiger charge is 2.11. The Morgan fingerprint density at radius 2 is 1.66 bits per heavy atom. The van der Waals surface area contributed by atoms with Crippen LogP contribution >= 0.6 is 0 Å². The zero-order valence-electron chi connectivity index (χ0n) is 18.4. The van der Waals surface area contributed by atoms with E-state index in [4.69, 9.17) is 4.74 Å². The van der Waals surface area contributed by atoms with Crippen LogP contribution in [0.1, 0.15) is 22.5 Å². The van der Waals surface area contributed by atoms with Crippen molar-refractivity contribution < 1.29 is 9.53 Å². The lowest BCUT2D eigenvalue weighted by Gasteiger charge is -2.10. The van der Waals surface area contributed by atoms with Crippen LogP contribution < -0.4 is 15.4 Å². The molecule has 4 aromatic rings. The number of hydrogen-bond acceptors (Lipinski definition) is 5. The minimum Gasteiger partial charge on any atom is -0.439 e. The molecule has 0 aliphatic heterocycles. The molecule has 0 spiro atoms. The van der Waals surface area contributed by atoms with Crippen LogP contribution in [0.15, 0.2) is 60.9 Å². The van der Waals surface area contributed by atoms with Gasteiger partial charge in [-0.2, -0.15) is 5.10 Å². The molecule has 4 rings (SSSR count). The van der Waals surface area contributed by atoms with Crippen molar-refractivity contribution in [3.8, 4) is 17.4 Å². The molecule has 8 heteroatoms. The van der Waals surface area contributed by atoms with Gasteiger partial charge in [-0.3, -0.25) is 0 Å². The quantitative estimate of drug-likeness (QED) is 0.448. The van der Waals surface area contributed by atoms with Gasteiger partial charge in [0.15, 0.2) is 5.82 Å². The Labute approximate surface area is 186 Å². The summed E-state index contributed by atoms with van der Waals surface area (Å²) in [6.07, 6.45) is 1.45. The normalized spacial score (nSPS) is 10.6. The van der Waals surface area contributed by atoms with Gasteiger partial charge in [0.1, 0.15) is 12.1 Å². The van der Waals surface area contributed by atoms with Crippen LogP contribution in [0.25, 0.3) is 5.82 Å². The number of carbonyl (C=O) groups excluding carboxylic acids is 1. The van der Waals surface area contributed by atoms with Gasteiger partial charge in [-0.05, 0) is 75.2 Å². The maximum Gasteiger partial charge on any atom is 0.323 e. The fourth-order valence-corrected chi connectivity index (χ4v) is 3.19. The number of urea groups is 1. The third kappa shape index (κ3) is 4.75. The second kappa shape index (κ2) is 8.89. The molecular weight excluding hydrogens is 404 g/mol. The standard InChI is InChI=1S/C24H24N6O2/c1-15-6-5-7-20(12-15)28-24(31)27-19-8-10-21(11-9-19)32-23-13-22(25-14-26-23)30-18(4)16(2)17(3)29-30/h5-14H,1-4H3,(H2,27,28,31). The lowest BCUT2D eigenvalue weighted by molar-refractivity contribution is 0.262. The van der Waals surface area contributed by atoms with E-state index in [1.165, 1.54) is 6.33 Å². The average Bonchev–Trinajstić information content (AvgIpc) is 3.03. The number of anilines is 2. The van der Waals surface area contributed by atoms with E-state index in [-0.39, 0.29) is 6.03 Å². The summed E-state index contributed by atoms with van der Waals surface area (Å²) in [5, 5.41) is 10.1. The molecule has 0 atom stereocenters. The van der Waals surface area contributed by atoms with Crippen LogP contribution in [0.3, 0.4) is 0 Å². The lowest BCUT2D eigenvalue weighted by atomic mass is 10.2. The fraction of sp³-hybridized carbons (Fsp3) is 0.167. The van der Waals surface area contributed by atoms with Gasteiger partial charge in [-0.25, -0.2) is 19.4 Å². The van der Waals surface area contributed by atoms with Gasteiger partial charge in [0.05, 0.1) is 5.69 Å². The summed E-state index contributed by atoms with van der Waals surface area (Å²) in [5.74, 6) is 1.62. The van der Waals surface area contributed by atoms with Crippen LogP contribution in [0.2, 0.25) is 0 Å². The molecular formula is C24H24N6O2. The highest BCUT2D eigenvalue weighted by atomic mass is 16.5. The van der Waals surface area contributed by atoms with Crippen molar-refractivity contribution in [3.63, 3.8) is 0 Å². The molecule has 2 N–H and O–H groups in total. The molecule has 0 saturated heterocycles. The van der Waals surface area contributed by atoms with Gasteiger partial charge in [0, 0.05) is 23.1 Å². The number of nitrogens with one attached hydrogen (secondary N) is 2. The van der Waals surface area contributed by atoms with E-state index in [0.717, 1.165) is 28.2 Å². The van der Waals surface area contributed by atoms with Gasteiger partial charge in [-0.15, -0.1) is 0 Å². The van der Waals surface area contributed by atoms with Crippen molar-refractivity contribution in [3.05, 3.63) is 83.4 Å². The Kier molecular flexibility index (Phi) is 5.85. The highest BCUT2D eigenvalue weighted by Crippen LogP contribution is 2.23. The van der Waals surface area contributed by atoms with E-state index in [9.17, 15) is 4.79 Å². The van der Waals surface area contributed by atoms with Crippen molar-refractivity contribution in [2.24, 2.45) is 0 Å². The first-order chi connectivity index (χ1) is 15.4. The molecule has 2 aromatic carbocycles. The number of amides is 2. The Balaban J connectivity index is 1.41. The average molecular weight is 428 g/mol. The summed E-state index contributed by atoms with van der Waals surface area (Å²) >= 11 is 0. The van der Waals surface area contributed by atoms with Crippen molar-refractivity contribution in [2.75, 3.05) is 10.6 Å². The second-order valence-corrected chi connectivity index (χ2v) is 7.50. The first-order valence-corrected chi connectivity index (χ1v) is 10.2. The van der Waals surface area contributed by atoms with Crippen molar-refractivity contribution >= 4 is 17.4 Å². The van der Waals surface area contributed by atoms with Crippen LogP contribution in [0.4, 0.5) is 16.2 Å². The number of benzene rings is 2. The SMILES string of the molecule is Cc1cccc(NC(=O)Nc2ccc(Oc3cc(-n4nc(C)c(C)c4C)ncn3)cc2)c1. The van der Waals surface area contributed by atoms with Gasteiger partial charge < -0.3 is 15.4 Å². The van der Waals surface area contributed by atoms with Gasteiger partial charge >= 0.3 is 6.03 Å².